The van der Waals surface area contributed by atoms with E-state index in [9.17, 15) is 51.1 Å². The summed E-state index contributed by atoms with van der Waals surface area (Å²) in [5.74, 6) is 0. The Morgan fingerprint density at radius 2 is 0.865 bits per heavy atom. The zero-order valence-electron chi connectivity index (χ0n) is 19.6. The van der Waals surface area contributed by atoms with Gasteiger partial charge in [-0.25, -0.2) is 0 Å². The van der Waals surface area contributed by atoms with Gasteiger partial charge in [-0.3, -0.25) is 0 Å². The molecule has 0 bridgehead atoms. The monoisotopic (exact) mass is 548 g/mol. The van der Waals surface area contributed by atoms with Crippen LogP contribution in [0.4, 0.5) is 0 Å². The third kappa shape index (κ3) is 6.56. The van der Waals surface area contributed by atoms with Gasteiger partial charge in [0.05, 0.1) is 33.0 Å². The maximum atomic E-state index is 10.7. The van der Waals surface area contributed by atoms with Gasteiger partial charge in [0.2, 0.25) is 0 Å². The number of rotatable bonds is 10. The van der Waals surface area contributed by atoms with Crippen molar-refractivity contribution in [2.45, 2.75) is 92.1 Å². The molecule has 0 aromatic rings. The van der Waals surface area contributed by atoms with Crippen LogP contribution in [0, 0.1) is 0 Å². The molecule has 3 rings (SSSR count). The standard InChI is InChI=1S/C20H36O17/c21-1-2-32-19-16(13(29)10(26)7(4-23)34-19)37-20-17(14(30)11(27)8(5-24)35-20)36-18-15(31)12(28)9(25)6(3-22)33-18/h6-31H,1-5H2/t6-,7-,8-,9-,10-,11-,12+,13+,14+,15+,16+,17+,18-,19+,20-/m1/s1. The molecule has 3 aliphatic heterocycles. The third-order valence-electron chi connectivity index (χ3n) is 6.45. The van der Waals surface area contributed by atoms with Gasteiger partial charge in [-0.2, -0.15) is 0 Å². The van der Waals surface area contributed by atoms with Gasteiger partial charge < -0.3 is 84.6 Å². The van der Waals surface area contributed by atoms with Crippen molar-refractivity contribution >= 4 is 0 Å². The Morgan fingerprint density at radius 1 is 0.459 bits per heavy atom. The molecule has 3 aliphatic rings. The Hall–Kier alpha value is -0.680. The molecule has 0 aromatic carbocycles. The molecule has 0 spiro atoms. The minimum absolute atomic E-state index is 0.303. The van der Waals surface area contributed by atoms with Gasteiger partial charge in [-0.15, -0.1) is 0 Å². The van der Waals surface area contributed by atoms with Crippen LogP contribution in [-0.2, 0) is 28.4 Å². The molecule has 0 amide bonds. The fraction of sp³-hybridized carbons (Fsp3) is 1.00. The van der Waals surface area contributed by atoms with Crippen LogP contribution in [0.5, 0.6) is 0 Å². The highest BCUT2D eigenvalue weighted by Crippen LogP contribution is 2.33. The molecule has 37 heavy (non-hydrogen) atoms. The summed E-state index contributed by atoms with van der Waals surface area (Å²) in [5.41, 5.74) is 0. The van der Waals surface area contributed by atoms with Gasteiger partial charge >= 0.3 is 0 Å². The average Bonchev–Trinajstić information content (AvgIpc) is 2.90. The van der Waals surface area contributed by atoms with Crippen molar-refractivity contribution in [1.82, 2.24) is 0 Å². The molecule has 17 nitrogen and oxygen atoms in total. The lowest BCUT2D eigenvalue weighted by Gasteiger charge is -2.48. The van der Waals surface area contributed by atoms with Crippen molar-refractivity contribution < 1.29 is 84.6 Å². The smallest absolute Gasteiger partial charge is 0.187 e. The van der Waals surface area contributed by atoms with Gasteiger partial charge in [0.1, 0.15) is 73.2 Å². The Bertz CT molecular complexity index is 685. The van der Waals surface area contributed by atoms with E-state index >= 15 is 0 Å². The maximum Gasteiger partial charge on any atom is 0.187 e. The molecule has 3 fully saturated rings. The summed E-state index contributed by atoms with van der Waals surface area (Å²) < 4.78 is 32.7. The minimum atomic E-state index is -1.89. The first-order valence-corrected chi connectivity index (χ1v) is 11.7. The summed E-state index contributed by atoms with van der Waals surface area (Å²) in [4.78, 5) is 0. The van der Waals surface area contributed by atoms with Crippen molar-refractivity contribution in [3.05, 3.63) is 0 Å². The van der Waals surface area contributed by atoms with Gasteiger partial charge in [-0.1, -0.05) is 0 Å². The number of aliphatic hydroxyl groups is 11. The van der Waals surface area contributed by atoms with Crippen LogP contribution >= 0.6 is 0 Å². The van der Waals surface area contributed by atoms with E-state index in [2.05, 4.69) is 0 Å². The molecule has 3 saturated heterocycles. The van der Waals surface area contributed by atoms with Gasteiger partial charge in [0.15, 0.2) is 18.9 Å². The van der Waals surface area contributed by atoms with Crippen LogP contribution in [-0.4, -0.2) is 181 Å². The number of hydrogen-bond donors (Lipinski definition) is 11. The Labute approximate surface area is 210 Å². The van der Waals surface area contributed by atoms with Crippen LogP contribution in [0.15, 0.2) is 0 Å². The van der Waals surface area contributed by atoms with E-state index in [1.165, 1.54) is 0 Å². The van der Waals surface area contributed by atoms with Gasteiger partial charge in [0, 0.05) is 0 Å². The molecule has 0 saturated carbocycles. The van der Waals surface area contributed by atoms with E-state index in [4.69, 9.17) is 33.5 Å². The molecule has 0 aliphatic carbocycles. The quantitative estimate of drug-likeness (QED) is 0.121. The molecule has 15 atom stereocenters. The normalized spacial score (nSPS) is 49.2. The molecule has 17 heteroatoms. The summed E-state index contributed by atoms with van der Waals surface area (Å²) >= 11 is 0. The van der Waals surface area contributed by atoms with Crippen LogP contribution in [0.25, 0.3) is 0 Å². The predicted octanol–water partition coefficient (Wildman–Crippen LogP) is -7.56. The van der Waals surface area contributed by atoms with Crippen LogP contribution in [0.2, 0.25) is 0 Å². The molecule has 0 unspecified atom stereocenters. The Balaban J connectivity index is 1.86. The average molecular weight is 548 g/mol. The number of ether oxygens (including phenoxy) is 6. The highest BCUT2D eigenvalue weighted by molar-refractivity contribution is 4.96. The Kier molecular flexibility index (Phi) is 11.3. The van der Waals surface area contributed by atoms with E-state index < -0.39 is 119 Å². The molecule has 11 N–H and O–H groups in total. The first-order valence-electron chi connectivity index (χ1n) is 11.7. The van der Waals surface area contributed by atoms with E-state index in [0.717, 1.165) is 0 Å². The van der Waals surface area contributed by atoms with E-state index in [0.29, 0.717) is 0 Å². The van der Waals surface area contributed by atoms with Crippen LogP contribution < -0.4 is 0 Å². The zero-order chi connectivity index (χ0) is 27.4. The lowest BCUT2D eigenvalue weighted by Crippen LogP contribution is -2.67. The van der Waals surface area contributed by atoms with Crippen molar-refractivity contribution in [2.24, 2.45) is 0 Å². The second-order valence-corrected chi connectivity index (χ2v) is 8.91. The summed E-state index contributed by atoms with van der Waals surface area (Å²) in [6.07, 6.45) is -25.0. The van der Waals surface area contributed by atoms with E-state index in [1.54, 1.807) is 0 Å². The highest BCUT2D eigenvalue weighted by atomic mass is 16.8. The topological polar surface area (TPSA) is 278 Å². The molecular formula is C20H36O17. The highest BCUT2D eigenvalue weighted by Gasteiger charge is 2.54. The Morgan fingerprint density at radius 3 is 1.35 bits per heavy atom. The van der Waals surface area contributed by atoms with E-state index in [-0.39, 0.29) is 6.61 Å². The second kappa shape index (κ2) is 13.6. The van der Waals surface area contributed by atoms with Crippen LogP contribution in [0.3, 0.4) is 0 Å². The fourth-order valence-electron chi connectivity index (χ4n) is 4.30. The summed E-state index contributed by atoms with van der Waals surface area (Å²) in [7, 11) is 0. The molecule has 0 aromatic heterocycles. The second-order valence-electron chi connectivity index (χ2n) is 8.91. The molecule has 3 heterocycles. The van der Waals surface area contributed by atoms with Gasteiger partial charge in [-0.05, 0) is 0 Å². The summed E-state index contributed by atoms with van der Waals surface area (Å²) in [6, 6.07) is 0. The van der Waals surface area contributed by atoms with Crippen molar-refractivity contribution in [3.63, 3.8) is 0 Å². The fourth-order valence-corrected chi connectivity index (χ4v) is 4.30. The third-order valence-corrected chi connectivity index (χ3v) is 6.45. The molecular weight excluding hydrogens is 512 g/mol. The molecule has 0 radical (unpaired) electrons. The van der Waals surface area contributed by atoms with Crippen molar-refractivity contribution in [2.75, 3.05) is 33.0 Å². The SMILES string of the molecule is OCCO[C@H]1O[C@H](CO)[C@@H](O)[C@H](O)[C@@H]1O[C@H]1O[C@H](CO)[C@@H](O)[C@H](O)[C@@H]1O[C@H]1O[C@H](CO)[C@@H](O)[C@H](O)[C@@H]1O. The number of aliphatic hydroxyl groups excluding tert-OH is 11. The summed E-state index contributed by atoms with van der Waals surface area (Å²) in [5, 5.41) is 110. The first-order chi connectivity index (χ1) is 17.6. The zero-order valence-corrected chi connectivity index (χ0v) is 19.6. The summed E-state index contributed by atoms with van der Waals surface area (Å²) in [6.45, 7) is -3.04. The van der Waals surface area contributed by atoms with Crippen molar-refractivity contribution in [3.8, 4) is 0 Å². The van der Waals surface area contributed by atoms with Crippen LogP contribution in [0.1, 0.15) is 0 Å². The molecule has 218 valence electrons. The maximum absolute atomic E-state index is 10.7. The number of hydrogen-bond acceptors (Lipinski definition) is 17. The van der Waals surface area contributed by atoms with Crippen molar-refractivity contribution in [1.29, 1.82) is 0 Å². The first kappa shape index (κ1) is 30.9. The lowest BCUT2D eigenvalue weighted by atomic mass is 9.96. The minimum Gasteiger partial charge on any atom is -0.394 e. The lowest BCUT2D eigenvalue weighted by molar-refractivity contribution is -0.393. The van der Waals surface area contributed by atoms with Gasteiger partial charge in [0.25, 0.3) is 0 Å². The largest absolute Gasteiger partial charge is 0.394 e. The van der Waals surface area contributed by atoms with E-state index in [1.807, 2.05) is 0 Å². The predicted molar refractivity (Wildman–Crippen MR) is 112 cm³/mol.